The van der Waals surface area contributed by atoms with Crippen LogP contribution in [-0.4, -0.2) is 38.0 Å². The van der Waals surface area contributed by atoms with E-state index >= 15 is 0 Å². The van der Waals surface area contributed by atoms with E-state index in [0.29, 0.717) is 11.5 Å². The number of hydrogen-bond donors (Lipinski definition) is 0. The van der Waals surface area contributed by atoms with Gasteiger partial charge in [-0.05, 0) is 72.8 Å². The number of para-hydroxylation sites is 2. The fraction of sp³-hybridized carbons (Fsp3) is 0.111. The molecule has 0 bridgehead atoms. The lowest BCUT2D eigenvalue weighted by molar-refractivity contribution is -0.146. The van der Waals surface area contributed by atoms with Gasteiger partial charge in [-0.15, -0.1) is 0 Å². The molecule has 1 unspecified atom stereocenters. The van der Waals surface area contributed by atoms with Crippen molar-refractivity contribution in [2.75, 3.05) is 20.0 Å². The molecule has 9 heteroatoms. The minimum Gasteiger partial charge on any atom is -0.490 e. The molecule has 0 aliphatic rings. The zero-order chi connectivity index (χ0) is 32.1. The first-order valence-corrected chi connectivity index (χ1v) is 14.6. The van der Waals surface area contributed by atoms with E-state index in [2.05, 4.69) is 24.5 Å². The van der Waals surface area contributed by atoms with Crippen LogP contribution in [0.15, 0.2) is 157 Å². The Kier molecular flexibility index (Phi) is 14.9. The summed E-state index contributed by atoms with van der Waals surface area (Å²) in [7, 11) is 0. The summed E-state index contributed by atoms with van der Waals surface area (Å²) in [6, 6.07) is 34.4. The van der Waals surface area contributed by atoms with Crippen molar-refractivity contribution in [3.63, 3.8) is 0 Å². The van der Waals surface area contributed by atoms with Gasteiger partial charge in [0.2, 0.25) is 6.79 Å². The van der Waals surface area contributed by atoms with Gasteiger partial charge in [-0.1, -0.05) is 67.9 Å². The number of rotatable bonds is 16. The number of carbonyl (C=O) groups excluding carboxylic acids is 2. The molecule has 0 aliphatic heterocycles. The SMILES string of the molecule is C=CC(=O)OC(COc1ccccc1)COc1ccc(Sc2ccc(OCOc3ccccc3)cc2)cc1.C=COC(=O)C=C. The predicted molar refractivity (Wildman–Crippen MR) is 174 cm³/mol. The van der Waals surface area contributed by atoms with Crippen molar-refractivity contribution < 1.29 is 38.0 Å². The van der Waals surface area contributed by atoms with Crippen LogP contribution in [0.25, 0.3) is 0 Å². The molecule has 0 amide bonds. The van der Waals surface area contributed by atoms with Crippen LogP contribution < -0.4 is 18.9 Å². The molecule has 45 heavy (non-hydrogen) atoms. The molecule has 4 rings (SSSR count). The van der Waals surface area contributed by atoms with Crippen LogP contribution in [0.1, 0.15) is 0 Å². The van der Waals surface area contributed by atoms with Crippen molar-refractivity contribution in [2.24, 2.45) is 0 Å². The fourth-order valence-electron chi connectivity index (χ4n) is 3.38. The zero-order valence-electron chi connectivity index (χ0n) is 24.6. The monoisotopic (exact) mass is 626 g/mol. The minimum atomic E-state index is -0.589. The maximum Gasteiger partial charge on any atom is 0.334 e. The molecule has 0 N–H and O–H groups in total. The van der Waals surface area contributed by atoms with Gasteiger partial charge in [0.15, 0.2) is 6.10 Å². The Bertz CT molecular complexity index is 1470. The van der Waals surface area contributed by atoms with Crippen LogP contribution >= 0.6 is 11.8 Å². The second-order valence-electron chi connectivity index (χ2n) is 8.77. The van der Waals surface area contributed by atoms with E-state index in [0.717, 1.165) is 39.7 Å². The molecule has 0 aromatic heterocycles. The summed E-state index contributed by atoms with van der Waals surface area (Å²) in [5, 5.41) is 0. The molecule has 0 saturated carbocycles. The number of hydrogen-bond acceptors (Lipinski definition) is 9. The van der Waals surface area contributed by atoms with Gasteiger partial charge in [0.05, 0.1) is 6.26 Å². The average Bonchev–Trinajstić information content (AvgIpc) is 3.08. The van der Waals surface area contributed by atoms with E-state index in [4.69, 9.17) is 23.7 Å². The minimum absolute atomic E-state index is 0.143. The first-order valence-electron chi connectivity index (χ1n) is 13.8. The van der Waals surface area contributed by atoms with E-state index in [-0.39, 0.29) is 20.0 Å². The molecule has 0 aliphatic carbocycles. The van der Waals surface area contributed by atoms with Gasteiger partial charge in [0, 0.05) is 21.9 Å². The van der Waals surface area contributed by atoms with Crippen LogP contribution in [0, 0.1) is 0 Å². The molecule has 4 aromatic rings. The molecule has 0 heterocycles. The second kappa shape index (κ2) is 19.7. The highest BCUT2D eigenvalue weighted by molar-refractivity contribution is 7.99. The summed E-state index contributed by atoms with van der Waals surface area (Å²) in [5.41, 5.74) is 0. The van der Waals surface area contributed by atoms with Crippen molar-refractivity contribution in [3.8, 4) is 23.0 Å². The van der Waals surface area contributed by atoms with Crippen molar-refractivity contribution >= 4 is 23.7 Å². The lowest BCUT2D eigenvalue weighted by Gasteiger charge is -2.18. The Morgan fingerprint density at radius 2 is 1.00 bits per heavy atom. The molecule has 0 radical (unpaired) electrons. The van der Waals surface area contributed by atoms with Crippen LogP contribution in [0.5, 0.6) is 23.0 Å². The fourth-order valence-corrected chi connectivity index (χ4v) is 4.20. The topological polar surface area (TPSA) is 89.5 Å². The van der Waals surface area contributed by atoms with Crippen LogP contribution in [0.3, 0.4) is 0 Å². The standard InChI is InChI=1S/C31H28O6S.C5H6O2/c1-2-31(32)37-28(21-33-24-9-5-3-6-10-24)22-34-26-13-17-29(18-14-26)38-30-19-15-27(16-20-30)36-23-35-25-11-7-4-8-12-25;1-3-5(6)7-4-2/h2-20,28H,1,21-23H2;3-4H,1-2H2. The number of carbonyl (C=O) groups is 2. The first kappa shape index (κ1) is 34.1. The Morgan fingerprint density at radius 3 is 1.42 bits per heavy atom. The largest absolute Gasteiger partial charge is 0.490 e. The molecule has 4 aromatic carbocycles. The number of ether oxygens (including phenoxy) is 6. The van der Waals surface area contributed by atoms with Crippen molar-refractivity contribution in [2.45, 2.75) is 15.9 Å². The average molecular weight is 627 g/mol. The normalized spacial score (nSPS) is 10.5. The summed E-state index contributed by atoms with van der Waals surface area (Å²) in [5.74, 6) is 1.85. The van der Waals surface area contributed by atoms with E-state index < -0.39 is 18.0 Å². The van der Waals surface area contributed by atoms with Gasteiger partial charge in [-0.25, -0.2) is 9.59 Å². The van der Waals surface area contributed by atoms with Gasteiger partial charge in [0.25, 0.3) is 0 Å². The highest BCUT2D eigenvalue weighted by Gasteiger charge is 2.15. The molecule has 1 atom stereocenters. The Morgan fingerprint density at radius 1 is 0.578 bits per heavy atom. The van der Waals surface area contributed by atoms with E-state index in [9.17, 15) is 9.59 Å². The third-order valence-electron chi connectivity index (χ3n) is 5.51. The molecule has 232 valence electrons. The lowest BCUT2D eigenvalue weighted by atomic mass is 10.3. The Labute approximate surface area is 267 Å². The van der Waals surface area contributed by atoms with Gasteiger partial charge in [-0.3, -0.25) is 0 Å². The number of benzene rings is 4. The lowest BCUT2D eigenvalue weighted by Crippen LogP contribution is -2.30. The van der Waals surface area contributed by atoms with Crippen LogP contribution in [-0.2, 0) is 19.1 Å². The Balaban J connectivity index is 0.000000707. The molecular formula is C36H34O8S. The van der Waals surface area contributed by atoms with Crippen LogP contribution in [0.4, 0.5) is 0 Å². The summed E-state index contributed by atoms with van der Waals surface area (Å²) < 4.78 is 32.4. The molecule has 8 nitrogen and oxygen atoms in total. The maximum absolute atomic E-state index is 11.7. The van der Waals surface area contributed by atoms with Crippen molar-refractivity contribution in [3.05, 3.63) is 147 Å². The first-order chi connectivity index (χ1) is 22.0. The number of esters is 2. The van der Waals surface area contributed by atoms with E-state index in [1.54, 1.807) is 11.8 Å². The van der Waals surface area contributed by atoms with E-state index in [1.165, 1.54) is 0 Å². The highest BCUT2D eigenvalue weighted by Crippen LogP contribution is 2.30. The van der Waals surface area contributed by atoms with Crippen molar-refractivity contribution in [1.29, 1.82) is 0 Å². The molecule has 0 saturated heterocycles. The second-order valence-corrected chi connectivity index (χ2v) is 9.92. The highest BCUT2D eigenvalue weighted by atomic mass is 32.2. The Hall–Kier alpha value is -5.41. The summed E-state index contributed by atoms with van der Waals surface area (Å²) >= 11 is 1.62. The van der Waals surface area contributed by atoms with Gasteiger partial charge in [0.1, 0.15) is 36.2 Å². The van der Waals surface area contributed by atoms with Gasteiger partial charge < -0.3 is 28.4 Å². The summed E-state index contributed by atoms with van der Waals surface area (Å²) in [4.78, 5) is 23.9. The molecule has 0 spiro atoms. The molecular weight excluding hydrogens is 592 g/mol. The van der Waals surface area contributed by atoms with Crippen LogP contribution in [0.2, 0.25) is 0 Å². The van der Waals surface area contributed by atoms with Gasteiger partial charge >= 0.3 is 11.9 Å². The summed E-state index contributed by atoms with van der Waals surface area (Å²) in [6.45, 7) is 10.2. The van der Waals surface area contributed by atoms with Gasteiger partial charge in [-0.2, -0.15) is 0 Å². The smallest absolute Gasteiger partial charge is 0.334 e. The quantitative estimate of drug-likeness (QED) is 0.0538. The van der Waals surface area contributed by atoms with E-state index in [1.807, 2.05) is 109 Å². The van der Waals surface area contributed by atoms with Crippen molar-refractivity contribution in [1.82, 2.24) is 0 Å². The predicted octanol–water partition coefficient (Wildman–Crippen LogP) is 7.67. The maximum atomic E-state index is 11.7. The third kappa shape index (κ3) is 13.6. The summed E-state index contributed by atoms with van der Waals surface area (Å²) in [6.07, 6.45) is 2.67. The molecule has 0 fully saturated rings. The third-order valence-corrected chi connectivity index (χ3v) is 6.52. The zero-order valence-corrected chi connectivity index (χ0v) is 25.4.